The first-order chi connectivity index (χ1) is 8.76. The van der Waals surface area contributed by atoms with Gasteiger partial charge >= 0.3 is 0 Å². The number of methoxy groups -OCH3 is 2. The van der Waals surface area contributed by atoms with Crippen LogP contribution in [0, 0.1) is 0 Å². The summed E-state index contributed by atoms with van der Waals surface area (Å²) >= 11 is 0. The van der Waals surface area contributed by atoms with E-state index in [4.69, 9.17) is 9.47 Å². The van der Waals surface area contributed by atoms with Crippen molar-refractivity contribution in [3.05, 3.63) is 47.8 Å². The van der Waals surface area contributed by atoms with Crippen LogP contribution in [0.3, 0.4) is 0 Å². The van der Waals surface area contributed by atoms with Crippen LogP contribution in [0.15, 0.2) is 36.7 Å². The number of rotatable bonds is 4. The average Bonchev–Trinajstić information content (AvgIpc) is 2.46. The molecule has 0 radical (unpaired) electrons. The predicted molar refractivity (Wildman–Crippen MR) is 65.0 cm³/mol. The molecule has 92 valence electrons. The number of carbonyl (C=O) groups is 1. The molecule has 0 spiro atoms. The van der Waals surface area contributed by atoms with Gasteiger partial charge in [0.05, 0.1) is 32.2 Å². The van der Waals surface area contributed by atoms with E-state index in [0.717, 1.165) is 0 Å². The highest BCUT2D eigenvalue weighted by Crippen LogP contribution is 2.26. The molecule has 0 aliphatic heterocycles. The first-order valence-electron chi connectivity index (χ1n) is 5.29. The fourth-order valence-electron chi connectivity index (χ4n) is 1.57. The van der Waals surface area contributed by atoms with Crippen molar-refractivity contribution in [2.75, 3.05) is 14.2 Å². The largest absolute Gasteiger partial charge is 0.497 e. The van der Waals surface area contributed by atoms with Crippen LogP contribution in [-0.2, 0) is 0 Å². The van der Waals surface area contributed by atoms with Gasteiger partial charge in [-0.05, 0) is 18.2 Å². The zero-order valence-corrected chi connectivity index (χ0v) is 10.1. The van der Waals surface area contributed by atoms with Gasteiger partial charge in [-0.15, -0.1) is 0 Å². The monoisotopic (exact) mass is 244 g/mol. The molecule has 5 heteroatoms. The summed E-state index contributed by atoms with van der Waals surface area (Å²) in [5.41, 5.74) is 0.930. The lowest BCUT2D eigenvalue weighted by Gasteiger charge is -2.09. The summed E-state index contributed by atoms with van der Waals surface area (Å²) in [6.07, 6.45) is 2.90. The van der Waals surface area contributed by atoms with E-state index in [0.29, 0.717) is 22.6 Å². The Hall–Kier alpha value is -2.43. The molecule has 0 fully saturated rings. The van der Waals surface area contributed by atoms with Gasteiger partial charge < -0.3 is 9.47 Å². The van der Waals surface area contributed by atoms with Crippen molar-refractivity contribution < 1.29 is 14.3 Å². The Morgan fingerprint density at radius 2 is 1.94 bits per heavy atom. The number of aromatic nitrogens is 2. The third-order valence-corrected chi connectivity index (χ3v) is 2.50. The van der Waals surface area contributed by atoms with E-state index in [2.05, 4.69) is 10.2 Å². The summed E-state index contributed by atoms with van der Waals surface area (Å²) < 4.78 is 10.3. The molecule has 0 amide bonds. The summed E-state index contributed by atoms with van der Waals surface area (Å²) in [7, 11) is 3.07. The zero-order chi connectivity index (χ0) is 13.0. The van der Waals surface area contributed by atoms with Crippen molar-refractivity contribution in [3.63, 3.8) is 0 Å². The van der Waals surface area contributed by atoms with Gasteiger partial charge in [0, 0.05) is 11.6 Å². The molecule has 0 aliphatic rings. The lowest BCUT2D eigenvalue weighted by molar-refractivity contribution is 0.103. The fourth-order valence-corrected chi connectivity index (χ4v) is 1.57. The molecule has 0 aliphatic carbocycles. The SMILES string of the molecule is COc1ccc(C(=O)c2ccnnc2)c(OC)c1. The molecular formula is C13H12N2O3. The lowest BCUT2D eigenvalue weighted by Crippen LogP contribution is -2.05. The van der Waals surface area contributed by atoms with Gasteiger partial charge in [-0.1, -0.05) is 0 Å². The Balaban J connectivity index is 2.42. The molecule has 0 saturated heterocycles. The number of carbonyl (C=O) groups excluding carboxylic acids is 1. The van der Waals surface area contributed by atoms with Crippen LogP contribution >= 0.6 is 0 Å². The van der Waals surface area contributed by atoms with Crippen molar-refractivity contribution in [2.24, 2.45) is 0 Å². The van der Waals surface area contributed by atoms with Crippen molar-refractivity contribution in [1.82, 2.24) is 10.2 Å². The molecule has 2 rings (SSSR count). The Morgan fingerprint density at radius 3 is 2.56 bits per heavy atom. The summed E-state index contributed by atoms with van der Waals surface area (Å²) in [4.78, 5) is 12.2. The van der Waals surface area contributed by atoms with Crippen molar-refractivity contribution >= 4 is 5.78 Å². The Labute approximate surface area is 104 Å². The van der Waals surface area contributed by atoms with Gasteiger partial charge in [0.1, 0.15) is 11.5 Å². The third-order valence-electron chi connectivity index (χ3n) is 2.50. The second-order valence-corrected chi connectivity index (χ2v) is 3.53. The molecule has 5 nitrogen and oxygen atoms in total. The van der Waals surface area contributed by atoms with E-state index in [9.17, 15) is 4.79 Å². The minimum atomic E-state index is -0.163. The first-order valence-corrected chi connectivity index (χ1v) is 5.29. The molecule has 18 heavy (non-hydrogen) atoms. The third kappa shape index (κ3) is 2.29. The van der Waals surface area contributed by atoms with Crippen LogP contribution in [0.4, 0.5) is 0 Å². The molecule has 1 heterocycles. The maximum atomic E-state index is 12.2. The Bertz CT molecular complexity index is 555. The average molecular weight is 244 g/mol. The Morgan fingerprint density at radius 1 is 1.11 bits per heavy atom. The van der Waals surface area contributed by atoms with E-state index >= 15 is 0 Å². The quantitative estimate of drug-likeness (QED) is 0.766. The highest BCUT2D eigenvalue weighted by atomic mass is 16.5. The molecule has 2 aromatic rings. The maximum Gasteiger partial charge on any atom is 0.198 e. The predicted octanol–water partition coefficient (Wildman–Crippen LogP) is 1.72. The molecule has 0 N–H and O–H groups in total. The molecule has 0 bridgehead atoms. The van der Waals surface area contributed by atoms with Gasteiger partial charge in [-0.2, -0.15) is 10.2 Å². The minimum absolute atomic E-state index is 0.163. The van der Waals surface area contributed by atoms with E-state index < -0.39 is 0 Å². The van der Waals surface area contributed by atoms with Gasteiger partial charge in [-0.3, -0.25) is 4.79 Å². The molecule has 0 atom stereocenters. The van der Waals surface area contributed by atoms with Crippen LogP contribution in [-0.4, -0.2) is 30.2 Å². The summed E-state index contributed by atoms with van der Waals surface area (Å²) in [6, 6.07) is 6.66. The minimum Gasteiger partial charge on any atom is -0.497 e. The van der Waals surface area contributed by atoms with Crippen molar-refractivity contribution in [2.45, 2.75) is 0 Å². The molecule has 1 aromatic carbocycles. The molecule has 0 unspecified atom stereocenters. The number of hydrogen-bond donors (Lipinski definition) is 0. The molecule has 1 aromatic heterocycles. The number of hydrogen-bond acceptors (Lipinski definition) is 5. The van der Waals surface area contributed by atoms with E-state index in [1.807, 2.05) is 0 Å². The number of nitrogens with zero attached hydrogens (tertiary/aromatic N) is 2. The van der Waals surface area contributed by atoms with Gasteiger partial charge in [-0.25, -0.2) is 0 Å². The van der Waals surface area contributed by atoms with Gasteiger partial charge in [0.15, 0.2) is 5.78 Å². The summed E-state index contributed by atoms with van der Waals surface area (Å²) in [6.45, 7) is 0. The molecule has 0 saturated carbocycles. The first kappa shape index (κ1) is 12.0. The standard InChI is InChI=1S/C13H12N2O3/c1-17-10-3-4-11(12(7-10)18-2)13(16)9-5-6-14-15-8-9/h3-8H,1-2H3. The van der Waals surface area contributed by atoms with Crippen LogP contribution in [0.1, 0.15) is 15.9 Å². The highest BCUT2D eigenvalue weighted by molar-refractivity contribution is 6.10. The van der Waals surface area contributed by atoms with Gasteiger partial charge in [0.25, 0.3) is 0 Å². The zero-order valence-electron chi connectivity index (χ0n) is 10.1. The number of ether oxygens (including phenoxy) is 2. The Kier molecular flexibility index (Phi) is 3.52. The van der Waals surface area contributed by atoms with E-state index in [1.165, 1.54) is 19.5 Å². The van der Waals surface area contributed by atoms with E-state index in [1.54, 1.807) is 31.4 Å². The van der Waals surface area contributed by atoms with Crippen LogP contribution in [0.25, 0.3) is 0 Å². The molecular weight excluding hydrogens is 232 g/mol. The number of ketones is 1. The van der Waals surface area contributed by atoms with Crippen molar-refractivity contribution in [3.8, 4) is 11.5 Å². The van der Waals surface area contributed by atoms with Crippen LogP contribution in [0.5, 0.6) is 11.5 Å². The highest BCUT2D eigenvalue weighted by Gasteiger charge is 2.15. The fraction of sp³-hybridized carbons (Fsp3) is 0.154. The number of benzene rings is 1. The summed E-state index contributed by atoms with van der Waals surface area (Å²) in [5, 5.41) is 7.32. The maximum absolute atomic E-state index is 12.2. The van der Waals surface area contributed by atoms with Gasteiger partial charge in [0.2, 0.25) is 0 Å². The van der Waals surface area contributed by atoms with Crippen LogP contribution < -0.4 is 9.47 Å². The van der Waals surface area contributed by atoms with Crippen LogP contribution in [0.2, 0.25) is 0 Å². The second kappa shape index (κ2) is 5.27. The normalized spacial score (nSPS) is 9.89. The van der Waals surface area contributed by atoms with E-state index in [-0.39, 0.29) is 5.78 Å². The second-order valence-electron chi connectivity index (χ2n) is 3.53. The smallest absolute Gasteiger partial charge is 0.198 e. The topological polar surface area (TPSA) is 61.3 Å². The van der Waals surface area contributed by atoms with Crippen molar-refractivity contribution in [1.29, 1.82) is 0 Å². The lowest BCUT2D eigenvalue weighted by atomic mass is 10.0. The summed E-state index contributed by atoms with van der Waals surface area (Å²) in [5.74, 6) is 0.941.